The molecule has 1 atom stereocenters. The molecule has 0 saturated heterocycles. The molecule has 0 unspecified atom stereocenters. The minimum absolute atomic E-state index is 0.0155. The van der Waals surface area contributed by atoms with Gasteiger partial charge < -0.3 is 21.1 Å². The van der Waals surface area contributed by atoms with E-state index in [1.807, 2.05) is 54.6 Å². The van der Waals surface area contributed by atoms with Gasteiger partial charge in [-0.1, -0.05) is 48.5 Å². The molecule has 0 spiro atoms. The van der Waals surface area contributed by atoms with Gasteiger partial charge in [0.05, 0.1) is 11.6 Å². The van der Waals surface area contributed by atoms with Crippen LogP contribution in [0.15, 0.2) is 72.8 Å². The molecular formula is C27H24N4O4. The van der Waals surface area contributed by atoms with Crippen molar-refractivity contribution >= 4 is 23.6 Å². The fraction of sp³-hybridized carbons (Fsp3) is 0.185. The highest BCUT2D eigenvalue weighted by molar-refractivity contribution is 5.97. The number of hydrogen-bond donors (Lipinski definition) is 3. The number of carbonyl (C=O) groups excluding carboxylic acids is 3. The van der Waals surface area contributed by atoms with Gasteiger partial charge in [0.25, 0.3) is 0 Å². The molecule has 0 radical (unpaired) electrons. The Balaban J connectivity index is 1.42. The first-order valence-electron chi connectivity index (χ1n) is 11.2. The van der Waals surface area contributed by atoms with E-state index in [1.54, 1.807) is 24.3 Å². The Bertz CT molecular complexity index is 1250. The van der Waals surface area contributed by atoms with E-state index in [1.165, 1.54) is 0 Å². The molecule has 3 aromatic rings. The van der Waals surface area contributed by atoms with Gasteiger partial charge in [-0.05, 0) is 52.9 Å². The first-order valence-corrected chi connectivity index (χ1v) is 11.2. The third kappa shape index (κ3) is 5.47. The predicted molar refractivity (Wildman–Crippen MR) is 130 cm³/mol. The molecule has 8 heteroatoms. The van der Waals surface area contributed by atoms with Crippen LogP contribution in [0.5, 0.6) is 0 Å². The van der Waals surface area contributed by atoms with Crippen molar-refractivity contribution in [1.82, 2.24) is 5.32 Å². The number of ether oxygens (including phenoxy) is 1. The average Bonchev–Trinajstić information content (AvgIpc) is 3.19. The number of anilines is 1. The summed E-state index contributed by atoms with van der Waals surface area (Å²) in [5.74, 6) is -1.23. The van der Waals surface area contributed by atoms with Gasteiger partial charge in [0.15, 0.2) is 0 Å². The molecule has 0 bridgehead atoms. The van der Waals surface area contributed by atoms with Crippen molar-refractivity contribution in [2.24, 2.45) is 5.73 Å². The van der Waals surface area contributed by atoms with Crippen molar-refractivity contribution in [1.29, 1.82) is 5.26 Å². The van der Waals surface area contributed by atoms with Crippen LogP contribution in [0.25, 0.3) is 11.1 Å². The van der Waals surface area contributed by atoms with Crippen LogP contribution in [-0.2, 0) is 14.3 Å². The van der Waals surface area contributed by atoms with Crippen molar-refractivity contribution in [2.75, 3.05) is 11.9 Å². The van der Waals surface area contributed by atoms with Crippen LogP contribution < -0.4 is 16.4 Å². The van der Waals surface area contributed by atoms with Crippen LogP contribution >= 0.6 is 0 Å². The van der Waals surface area contributed by atoms with Crippen molar-refractivity contribution in [3.05, 3.63) is 89.5 Å². The zero-order valence-corrected chi connectivity index (χ0v) is 18.9. The van der Waals surface area contributed by atoms with E-state index in [4.69, 9.17) is 15.7 Å². The van der Waals surface area contributed by atoms with E-state index < -0.39 is 23.9 Å². The van der Waals surface area contributed by atoms with Crippen molar-refractivity contribution < 1.29 is 19.1 Å². The molecule has 3 aromatic carbocycles. The number of nitrogens with two attached hydrogens (primary N) is 1. The molecule has 35 heavy (non-hydrogen) atoms. The van der Waals surface area contributed by atoms with Gasteiger partial charge in [-0.3, -0.25) is 9.59 Å². The standard InChI is InChI=1S/C27H24N4O4/c28-15-17-9-11-18(12-10-17)30-26(33)24(13-14-25(29)32)31-27(34)35-16-23-21-7-3-1-5-19(21)20-6-2-4-8-22(20)23/h1-12,23-24H,13-14,16H2,(H2,29,32)(H,30,33)(H,31,34)/t24-/m0/s1. The van der Waals surface area contributed by atoms with Crippen LogP contribution in [0.4, 0.5) is 10.5 Å². The van der Waals surface area contributed by atoms with Crippen LogP contribution in [0.1, 0.15) is 35.4 Å². The fourth-order valence-electron chi connectivity index (χ4n) is 4.20. The van der Waals surface area contributed by atoms with Gasteiger partial charge in [-0.25, -0.2) is 4.79 Å². The number of nitrogens with zero attached hydrogens (tertiary/aromatic N) is 1. The lowest BCUT2D eigenvalue weighted by Gasteiger charge is -2.19. The van der Waals surface area contributed by atoms with E-state index in [2.05, 4.69) is 10.6 Å². The minimum Gasteiger partial charge on any atom is -0.449 e. The molecular weight excluding hydrogens is 444 g/mol. The van der Waals surface area contributed by atoms with Gasteiger partial charge in [-0.2, -0.15) is 5.26 Å². The number of rotatable bonds is 8. The summed E-state index contributed by atoms with van der Waals surface area (Å²) in [4.78, 5) is 36.7. The van der Waals surface area contributed by atoms with Crippen LogP contribution in [0, 0.1) is 11.3 Å². The second kappa shape index (κ2) is 10.5. The quantitative estimate of drug-likeness (QED) is 0.464. The first kappa shape index (κ1) is 23.5. The predicted octanol–water partition coefficient (Wildman–Crippen LogP) is 3.67. The normalized spacial score (nSPS) is 12.5. The molecule has 0 saturated carbocycles. The topological polar surface area (TPSA) is 134 Å². The summed E-state index contributed by atoms with van der Waals surface area (Å²) >= 11 is 0. The largest absolute Gasteiger partial charge is 0.449 e. The van der Waals surface area contributed by atoms with E-state index in [-0.39, 0.29) is 25.4 Å². The maximum absolute atomic E-state index is 12.8. The number of primary amides is 1. The first-order chi connectivity index (χ1) is 17.0. The SMILES string of the molecule is N#Cc1ccc(NC(=O)[C@H](CCC(N)=O)NC(=O)OCC2c3ccccc3-c3ccccc32)cc1. The summed E-state index contributed by atoms with van der Waals surface area (Å²) in [5.41, 5.74) is 10.5. The van der Waals surface area contributed by atoms with Crippen LogP contribution in [-0.4, -0.2) is 30.6 Å². The van der Waals surface area contributed by atoms with E-state index >= 15 is 0 Å². The second-order valence-corrected chi connectivity index (χ2v) is 8.21. The lowest BCUT2D eigenvalue weighted by atomic mass is 9.98. The molecule has 8 nitrogen and oxygen atoms in total. The summed E-state index contributed by atoms with van der Waals surface area (Å²) in [5, 5.41) is 14.1. The average molecular weight is 469 g/mol. The van der Waals surface area contributed by atoms with Crippen molar-refractivity contribution in [3.8, 4) is 17.2 Å². The highest BCUT2D eigenvalue weighted by atomic mass is 16.5. The number of alkyl carbamates (subject to hydrolysis) is 1. The highest BCUT2D eigenvalue weighted by Crippen LogP contribution is 2.44. The number of nitrogens with one attached hydrogen (secondary N) is 2. The summed E-state index contributed by atoms with van der Waals surface area (Å²) in [7, 11) is 0. The molecule has 176 valence electrons. The number of amides is 3. The number of nitriles is 1. The second-order valence-electron chi connectivity index (χ2n) is 8.21. The Labute approximate surface area is 202 Å². The maximum Gasteiger partial charge on any atom is 0.407 e. The molecule has 1 aliphatic rings. The summed E-state index contributed by atoms with van der Waals surface area (Å²) in [6.45, 7) is 0.0969. The monoisotopic (exact) mass is 468 g/mol. The van der Waals surface area contributed by atoms with E-state index in [9.17, 15) is 14.4 Å². The molecule has 1 aliphatic carbocycles. The van der Waals surface area contributed by atoms with Gasteiger partial charge in [0.1, 0.15) is 12.6 Å². The molecule has 0 aromatic heterocycles. The summed E-state index contributed by atoms with van der Waals surface area (Å²) in [6, 6.07) is 23.2. The Morgan fingerprint density at radius 2 is 1.54 bits per heavy atom. The lowest BCUT2D eigenvalue weighted by molar-refractivity contribution is -0.119. The zero-order chi connectivity index (χ0) is 24.8. The molecule has 0 heterocycles. The number of carbonyl (C=O) groups is 3. The molecule has 4 rings (SSSR count). The third-order valence-corrected chi connectivity index (χ3v) is 5.91. The van der Waals surface area contributed by atoms with E-state index in [0.29, 0.717) is 11.3 Å². The van der Waals surface area contributed by atoms with Gasteiger partial charge in [0.2, 0.25) is 11.8 Å². The Morgan fingerprint density at radius 3 is 2.11 bits per heavy atom. The number of benzene rings is 3. The third-order valence-electron chi connectivity index (χ3n) is 5.91. The Hall–Kier alpha value is -4.64. The number of fused-ring (bicyclic) bond motifs is 3. The summed E-state index contributed by atoms with van der Waals surface area (Å²) < 4.78 is 5.53. The lowest BCUT2D eigenvalue weighted by Crippen LogP contribution is -2.44. The highest BCUT2D eigenvalue weighted by Gasteiger charge is 2.30. The van der Waals surface area contributed by atoms with Crippen LogP contribution in [0.3, 0.4) is 0 Å². The molecule has 0 aliphatic heterocycles. The Kier molecular flexibility index (Phi) is 7.07. The maximum atomic E-state index is 12.8. The number of hydrogen-bond acceptors (Lipinski definition) is 5. The van der Waals surface area contributed by atoms with Crippen LogP contribution in [0.2, 0.25) is 0 Å². The van der Waals surface area contributed by atoms with Crippen molar-refractivity contribution in [3.63, 3.8) is 0 Å². The van der Waals surface area contributed by atoms with Gasteiger partial charge >= 0.3 is 6.09 Å². The van der Waals surface area contributed by atoms with Gasteiger partial charge in [-0.15, -0.1) is 0 Å². The fourth-order valence-corrected chi connectivity index (χ4v) is 4.20. The molecule has 0 fully saturated rings. The van der Waals surface area contributed by atoms with Gasteiger partial charge in [0, 0.05) is 18.0 Å². The molecule has 3 amide bonds. The Morgan fingerprint density at radius 1 is 0.943 bits per heavy atom. The zero-order valence-electron chi connectivity index (χ0n) is 18.9. The van der Waals surface area contributed by atoms with Crippen molar-refractivity contribution in [2.45, 2.75) is 24.8 Å². The molecule has 4 N–H and O–H groups in total. The summed E-state index contributed by atoms with van der Waals surface area (Å²) in [6.07, 6.45) is -0.840. The smallest absolute Gasteiger partial charge is 0.407 e. The van der Waals surface area contributed by atoms with E-state index in [0.717, 1.165) is 22.3 Å². The minimum atomic E-state index is -1.03.